The Morgan fingerprint density at radius 2 is 1.42 bits per heavy atom. The zero-order valence-corrected chi connectivity index (χ0v) is 18.0. The maximum Gasteiger partial charge on any atom is 0.332 e. The number of esters is 1. The number of para-hydroxylation sites is 1. The first-order chi connectivity index (χ1) is 15.1. The van der Waals surface area contributed by atoms with E-state index in [1.165, 1.54) is 12.0 Å². The number of carbonyl (C=O) groups is 3. The number of hydrogen-bond donors (Lipinski definition) is 0. The summed E-state index contributed by atoms with van der Waals surface area (Å²) in [4.78, 5) is 40.5. The van der Waals surface area contributed by atoms with Gasteiger partial charge in [0.1, 0.15) is 6.04 Å². The van der Waals surface area contributed by atoms with Crippen molar-refractivity contribution >= 4 is 23.6 Å². The van der Waals surface area contributed by atoms with E-state index in [4.69, 9.17) is 0 Å². The molecule has 6 heteroatoms. The number of urea groups is 1. The molecule has 1 aliphatic heterocycles. The highest BCUT2D eigenvalue weighted by Gasteiger charge is 2.46. The van der Waals surface area contributed by atoms with Gasteiger partial charge < -0.3 is 4.74 Å². The number of hydrogen-bond acceptors (Lipinski definition) is 4. The van der Waals surface area contributed by atoms with Crippen LogP contribution in [0.15, 0.2) is 60.7 Å². The fourth-order valence-electron chi connectivity index (χ4n) is 3.92. The number of rotatable bonds is 11. The second kappa shape index (κ2) is 11.3. The predicted molar refractivity (Wildman–Crippen MR) is 120 cm³/mol. The molecule has 0 bridgehead atoms. The van der Waals surface area contributed by atoms with E-state index in [0.29, 0.717) is 13.0 Å². The first kappa shape index (κ1) is 22.5. The molecule has 0 radical (unpaired) electrons. The van der Waals surface area contributed by atoms with Crippen molar-refractivity contribution < 1.29 is 19.1 Å². The summed E-state index contributed by atoms with van der Waals surface area (Å²) in [6, 6.07) is 17.9. The maximum atomic E-state index is 13.2. The molecule has 3 amide bonds. The highest BCUT2D eigenvalue weighted by Crippen LogP contribution is 2.35. The average Bonchev–Trinajstić information content (AvgIpc) is 3.06. The fraction of sp³-hybridized carbons (Fsp3) is 0.400. The van der Waals surface area contributed by atoms with Gasteiger partial charge in [-0.3, -0.25) is 19.4 Å². The van der Waals surface area contributed by atoms with E-state index in [-0.39, 0.29) is 17.9 Å². The van der Waals surface area contributed by atoms with Gasteiger partial charge in [0, 0.05) is 18.7 Å². The second-order valence-electron chi connectivity index (χ2n) is 7.74. The number of nitrogens with zero attached hydrogens (tertiary/aromatic N) is 2. The topological polar surface area (TPSA) is 66.9 Å². The highest BCUT2D eigenvalue weighted by molar-refractivity contribution is 6.14. The van der Waals surface area contributed by atoms with Gasteiger partial charge in [0.2, 0.25) is 0 Å². The zero-order chi connectivity index (χ0) is 22.1. The van der Waals surface area contributed by atoms with Crippen molar-refractivity contribution in [2.45, 2.75) is 51.0 Å². The molecule has 0 aliphatic carbocycles. The van der Waals surface area contributed by atoms with Crippen LogP contribution in [0.1, 0.15) is 56.6 Å². The zero-order valence-electron chi connectivity index (χ0n) is 18.0. The largest absolute Gasteiger partial charge is 0.469 e. The Hall–Kier alpha value is -3.15. The molecule has 3 rings (SSSR count). The average molecular weight is 423 g/mol. The third-order valence-electron chi connectivity index (χ3n) is 5.59. The van der Waals surface area contributed by atoms with Gasteiger partial charge in [0.05, 0.1) is 7.11 Å². The van der Waals surface area contributed by atoms with Crippen LogP contribution in [-0.2, 0) is 14.3 Å². The van der Waals surface area contributed by atoms with Crippen molar-refractivity contribution in [3.63, 3.8) is 0 Å². The molecule has 0 spiro atoms. The second-order valence-corrected chi connectivity index (χ2v) is 7.74. The maximum absolute atomic E-state index is 13.2. The van der Waals surface area contributed by atoms with E-state index in [1.807, 2.05) is 60.7 Å². The van der Waals surface area contributed by atoms with Gasteiger partial charge in [-0.15, -0.1) is 0 Å². The van der Waals surface area contributed by atoms with E-state index in [9.17, 15) is 14.4 Å². The van der Waals surface area contributed by atoms with Crippen molar-refractivity contribution in [3.8, 4) is 0 Å². The van der Waals surface area contributed by atoms with Crippen LogP contribution in [0.3, 0.4) is 0 Å². The van der Waals surface area contributed by atoms with Crippen LogP contribution < -0.4 is 4.90 Å². The van der Waals surface area contributed by atoms with Gasteiger partial charge in [0.15, 0.2) is 0 Å². The Morgan fingerprint density at radius 3 is 2.06 bits per heavy atom. The van der Waals surface area contributed by atoms with Crippen LogP contribution in [0, 0.1) is 0 Å². The monoisotopic (exact) mass is 422 g/mol. The first-order valence-corrected chi connectivity index (χ1v) is 10.9. The number of imide groups is 1. The minimum Gasteiger partial charge on any atom is -0.469 e. The molecule has 1 saturated heterocycles. The number of carbonyl (C=O) groups excluding carboxylic acids is 3. The van der Waals surface area contributed by atoms with Gasteiger partial charge in [-0.2, -0.15) is 0 Å². The van der Waals surface area contributed by atoms with Gasteiger partial charge in [-0.05, 0) is 30.5 Å². The van der Waals surface area contributed by atoms with E-state index < -0.39 is 6.04 Å². The van der Waals surface area contributed by atoms with Gasteiger partial charge in [-0.25, -0.2) is 4.79 Å². The first-order valence-electron chi connectivity index (χ1n) is 10.9. The summed E-state index contributed by atoms with van der Waals surface area (Å²) in [6.07, 6.45) is 6.04. The summed E-state index contributed by atoms with van der Waals surface area (Å²) < 4.78 is 4.64. The summed E-state index contributed by atoms with van der Waals surface area (Å²) in [5.74, 6) is -0.333. The lowest BCUT2D eigenvalue weighted by Gasteiger charge is -2.22. The lowest BCUT2D eigenvalue weighted by atomic mass is 10.1. The number of methoxy groups -OCH3 is 1. The SMILES string of the molecule is COC(=O)CCCCCCCCN1C(=O)C(c2ccccc2)N(c2ccccc2)C1=O. The minimum atomic E-state index is -0.630. The molecule has 1 unspecified atom stereocenters. The van der Waals surface area contributed by atoms with Crippen LogP contribution in [-0.4, -0.2) is 36.5 Å². The van der Waals surface area contributed by atoms with Gasteiger partial charge in [0.25, 0.3) is 5.91 Å². The number of anilines is 1. The van der Waals surface area contributed by atoms with E-state index >= 15 is 0 Å². The summed E-state index contributed by atoms with van der Waals surface area (Å²) in [5.41, 5.74) is 1.54. The molecule has 6 nitrogen and oxygen atoms in total. The van der Waals surface area contributed by atoms with Gasteiger partial charge in [-0.1, -0.05) is 74.2 Å². The van der Waals surface area contributed by atoms with E-state index in [1.54, 1.807) is 4.90 Å². The van der Waals surface area contributed by atoms with Crippen molar-refractivity contribution in [2.24, 2.45) is 0 Å². The van der Waals surface area contributed by atoms with Crippen molar-refractivity contribution in [2.75, 3.05) is 18.6 Å². The normalized spacial score (nSPS) is 16.1. The fourth-order valence-corrected chi connectivity index (χ4v) is 3.92. The van der Waals surface area contributed by atoms with Gasteiger partial charge >= 0.3 is 12.0 Å². The van der Waals surface area contributed by atoms with Crippen LogP contribution in [0.5, 0.6) is 0 Å². The molecule has 2 aromatic carbocycles. The molecule has 1 fully saturated rings. The molecule has 1 atom stereocenters. The minimum absolute atomic E-state index is 0.165. The number of ether oxygens (including phenoxy) is 1. The number of benzene rings is 2. The third kappa shape index (κ3) is 5.72. The molecule has 2 aromatic rings. The molecule has 0 N–H and O–H groups in total. The molecule has 164 valence electrons. The third-order valence-corrected chi connectivity index (χ3v) is 5.59. The predicted octanol–water partition coefficient (Wildman–Crippen LogP) is 5.10. The standard InChI is InChI=1S/C25H30N2O4/c1-31-22(28)18-12-4-2-3-5-13-19-26-24(29)23(20-14-8-6-9-15-20)27(25(26)30)21-16-10-7-11-17-21/h6-11,14-17,23H,2-5,12-13,18-19H2,1H3. The Labute approximate surface area is 183 Å². The van der Waals surface area contributed by atoms with Crippen LogP contribution >= 0.6 is 0 Å². The lowest BCUT2D eigenvalue weighted by molar-refractivity contribution is -0.140. The Bertz CT molecular complexity index is 812. The molecular weight excluding hydrogens is 392 g/mol. The summed E-state index contributed by atoms with van der Waals surface area (Å²) in [5, 5.41) is 0. The molecule has 0 aromatic heterocycles. The Morgan fingerprint density at radius 1 is 0.839 bits per heavy atom. The van der Waals surface area contributed by atoms with E-state index in [0.717, 1.165) is 49.8 Å². The Kier molecular flexibility index (Phi) is 8.21. The van der Waals surface area contributed by atoms with Crippen molar-refractivity contribution in [1.82, 2.24) is 4.90 Å². The Balaban J connectivity index is 1.57. The van der Waals surface area contributed by atoms with Crippen molar-refractivity contribution in [1.29, 1.82) is 0 Å². The molecule has 0 saturated carbocycles. The van der Waals surface area contributed by atoms with Crippen LogP contribution in [0.4, 0.5) is 10.5 Å². The summed E-state index contributed by atoms with van der Waals surface area (Å²) >= 11 is 0. The number of amides is 3. The summed E-state index contributed by atoms with van der Waals surface area (Å²) in [7, 11) is 1.41. The van der Waals surface area contributed by atoms with Crippen LogP contribution in [0.2, 0.25) is 0 Å². The number of unbranched alkanes of at least 4 members (excludes halogenated alkanes) is 5. The molecular formula is C25H30N2O4. The van der Waals surface area contributed by atoms with Crippen molar-refractivity contribution in [3.05, 3.63) is 66.2 Å². The quantitative estimate of drug-likeness (QED) is 0.287. The summed E-state index contributed by atoms with van der Waals surface area (Å²) in [6.45, 7) is 0.423. The molecule has 31 heavy (non-hydrogen) atoms. The lowest BCUT2D eigenvalue weighted by Crippen LogP contribution is -2.33. The molecule has 1 aliphatic rings. The highest BCUT2D eigenvalue weighted by atomic mass is 16.5. The van der Waals surface area contributed by atoms with E-state index in [2.05, 4.69) is 4.74 Å². The smallest absolute Gasteiger partial charge is 0.332 e. The molecule has 1 heterocycles. The van der Waals surface area contributed by atoms with Crippen LogP contribution in [0.25, 0.3) is 0 Å².